The molecule has 72 valence electrons. The van der Waals surface area contributed by atoms with Crippen LogP contribution in [0.5, 0.6) is 6.01 Å². The lowest BCUT2D eigenvalue weighted by Crippen LogP contribution is -2.01. The Morgan fingerprint density at radius 3 is 3.00 bits per heavy atom. The second-order valence-corrected chi connectivity index (χ2v) is 2.67. The zero-order valence-electron chi connectivity index (χ0n) is 8.19. The smallest absolute Gasteiger partial charge is 0.318 e. The van der Waals surface area contributed by atoms with Crippen LogP contribution in [0.1, 0.15) is 18.3 Å². The van der Waals surface area contributed by atoms with Crippen LogP contribution in [0.3, 0.4) is 0 Å². The molecule has 0 saturated carbocycles. The van der Waals surface area contributed by atoms with Crippen LogP contribution in [0, 0.1) is 18.3 Å². The normalized spacial score (nSPS) is 10.1. The first-order chi connectivity index (χ1) is 6.76. The van der Waals surface area contributed by atoms with Gasteiger partial charge in [0.2, 0.25) is 0 Å². The number of nitriles is 1. The van der Waals surface area contributed by atoms with Gasteiger partial charge < -0.3 is 4.74 Å². The minimum absolute atomic E-state index is 0.250. The summed E-state index contributed by atoms with van der Waals surface area (Å²) >= 11 is 0. The number of aromatic nitrogens is 2. The molecule has 1 rings (SSSR count). The van der Waals surface area contributed by atoms with Gasteiger partial charge in [0.25, 0.3) is 0 Å². The molecule has 4 nitrogen and oxygen atoms in total. The van der Waals surface area contributed by atoms with Crippen LogP contribution >= 0.6 is 0 Å². The molecule has 0 N–H and O–H groups in total. The summed E-state index contributed by atoms with van der Waals surface area (Å²) in [4.78, 5) is 7.93. The van der Waals surface area contributed by atoms with Gasteiger partial charge in [0.1, 0.15) is 18.4 Å². The van der Waals surface area contributed by atoms with Crippen LogP contribution in [0.4, 0.5) is 0 Å². The monoisotopic (exact) mass is 189 g/mol. The molecular formula is C10H11N3O. The Morgan fingerprint density at radius 1 is 1.57 bits per heavy atom. The Bertz CT molecular complexity index is 379. The predicted molar refractivity (Wildman–Crippen MR) is 51.8 cm³/mol. The molecule has 1 aromatic rings. The standard InChI is InChI=1S/C10H11N3O/c1-3-4-5-14-10-12-8(2)6-9(7-11)13-10/h3-4,6H,5H2,1-2H3/b4-3+. The Balaban J connectivity index is 2.77. The summed E-state index contributed by atoms with van der Waals surface area (Å²) in [6, 6.07) is 3.81. The summed E-state index contributed by atoms with van der Waals surface area (Å²) < 4.78 is 5.21. The summed E-state index contributed by atoms with van der Waals surface area (Å²) in [5.74, 6) is 0. The van der Waals surface area contributed by atoms with E-state index in [1.54, 1.807) is 13.0 Å². The predicted octanol–water partition coefficient (Wildman–Crippen LogP) is 1.61. The highest BCUT2D eigenvalue weighted by Crippen LogP contribution is 2.05. The van der Waals surface area contributed by atoms with Gasteiger partial charge in [-0.3, -0.25) is 0 Å². The molecule has 0 fully saturated rings. The highest BCUT2D eigenvalue weighted by atomic mass is 16.5. The summed E-state index contributed by atoms with van der Waals surface area (Å²) in [5.41, 5.74) is 1.06. The van der Waals surface area contributed by atoms with Crippen molar-refractivity contribution in [1.82, 2.24) is 9.97 Å². The minimum Gasteiger partial charge on any atom is -0.459 e. The Labute approximate surface area is 82.9 Å². The van der Waals surface area contributed by atoms with Crippen molar-refractivity contribution in [3.8, 4) is 12.1 Å². The van der Waals surface area contributed by atoms with Crippen LogP contribution in [0.15, 0.2) is 18.2 Å². The number of nitrogens with zero attached hydrogens (tertiary/aromatic N) is 3. The lowest BCUT2D eigenvalue weighted by atomic mass is 10.3. The average Bonchev–Trinajstić information content (AvgIpc) is 2.17. The van der Waals surface area contributed by atoms with Crippen molar-refractivity contribution in [2.75, 3.05) is 6.61 Å². The molecule has 0 amide bonds. The molecule has 0 aliphatic rings. The average molecular weight is 189 g/mol. The van der Waals surface area contributed by atoms with Gasteiger partial charge in [0, 0.05) is 5.69 Å². The van der Waals surface area contributed by atoms with Gasteiger partial charge in [0.15, 0.2) is 0 Å². The third-order valence-corrected chi connectivity index (χ3v) is 1.49. The van der Waals surface area contributed by atoms with E-state index in [0.29, 0.717) is 12.3 Å². The topological polar surface area (TPSA) is 58.8 Å². The van der Waals surface area contributed by atoms with Crippen LogP contribution in [0.25, 0.3) is 0 Å². The number of hydrogen-bond donors (Lipinski definition) is 0. The number of ether oxygens (including phenoxy) is 1. The van der Waals surface area contributed by atoms with Crippen molar-refractivity contribution in [2.45, 2.75) is 13.8 Å². The molecule has 1 heterocycles. The Hall–Kier alpha value is -1.89. The third kappa shape index (κ3) is 2.87. The highest BCUT2D eigenvalue weighted by molar-refractivity contribution is 5.23. The second-order valence-electron chi connectivity index (χ2n) is 2.67. The highest BCUT2D eigenvalue weighted by Gasteiger charge is 2.01. The van der Waals surface area contributed by atoms with E-state index in [1.807, 2.05) is 25.1 Å². The molecule has 1 aromatic heterocycles. The first-order valence-electron chi connectivity index (χ1n) is 4.26. The maximum Gasteiger partial charge on any atom is 0.318 e. The SMILES string of the molecule is C/C=C/COc1nc(C)cc(C#N)n1. The van der Waals surface area contributed by atoms with Crippen molar-refractivity contribution < 1.29 is 4.74 Å². The lowest BCUT2D eigenvalue weighted by Gasteiger charge is -2.01. The van der Waals surface area contributed by atoms with Crippen molar-refractivity contribution in [3.05, 3.63) is 29.6 Å². The van der Waals surface area contributed by atoms with Gasteiger partial charge in [-0.05, 0) is 19.9 Å². The Kier molecular flexibility index (Phi) is 3.62. The van der Waals surface area contributed by atoms with E-state index in [0.717, 1.165) is 5.69 Å². The molecule has 0 unspecified atom stereocenters. The van der Waals surface area contributed by atoms with Gasteiger partial charge >= 0.3 is 6.01 Å². The molecule has 4 heteroatoms. The van der Waals surface area contributed by atoms with E-state index >= 15 is 0 Å². The number of hydrogen-bond acceptors (Lipinski definition) is 4. The first-order valence-corrected chi connectivity index (χ1v) is 4.26. The van der Waals surface area contributed by atoms with E-state index in [9.17, 15) is 0 Å². The van der Waals surface area contributed by atoms with E-state index in [-0.39, 0.29) is 6.01 Å². The third-order valence-electron chi connectivity index (χ3n) is 1.49. The molecular weight excluding hydrogens is 178 g/mol. The molecule has 0 bridgehead atoms. The number of aryl methyl sites for hydroxylation is 1. The molecule has 0 aliphatic heterocycles. The van der Waals surface area contributed by atoms with Crippen molar-refractivity contribution in [1.29, 1.82) is 5.26 Å². The fourth-order valence-corrected chi connectivity index (χ4v) is 0.882. The summed E-state index contributed by atoms with van der Waals surface area (Å²) in [6.45, 7) is 4.12. The maximum absolute atomic E-state index is 8.65. The molecule has 0 saturated heterocycles. The Morgan fingerprint density at radius 2 is 2.36 bits per heavy atom. The fraction of sp³-hybridized carbons (Fsp3) is 0.300. The number of allylic oxidation sites excluding steroid dienone is 1. The second kappa shape index (κ2) is 4.97. The molecule has 0 radical (unpaired) electrons. The van der Waals surface area contributed by atoms with Gasteiger partial charge in [-0.1, -0.05) is 12.2 Å². The first kappa shape index (κ1) is 10.2. The van der Waals surface area contributed by atoms with Gasteiger partial charge in [-0.2, -0.15) is 10.2 Å². The fourth-order valence-electron chi connectivity index (χ4n) is 0.882. The van der Waals surface area contributed by atoms with Crippen molar-refractivity contribution >= 4 is 0 Å². The van der Waals surface area contributed by atoms with Crippen LogP contribution in [0.2, 0.25) is 0 Å². The van der Waals surface area contributed by atoms with Gasteiger partial charge in [0.05, 0.1) is 0 Å². The zero-order chi connectivity index (χ0) is 10.4. The minimum atomic E-state index is 0.250. The van der Waals surface area contributed by atoms with E-state index in [2.05, 4.69) is 9.97 Å². The van der Waals surface area contributed by atoms with Gasteiger partial charge in [-0.15, -0.1) is 0 Å². The molecule has 0 spiro atoms. The molecule has 0 aliphatic carbocycles. The largest absolute Gasteiger partial charge is 0.459 e. The summed E-state index contributed by atoms with van der Waals surface area (Å²) in [7, 11) is 0. The van der Waals surface area contributed by atoms with E-state index in [4.69, 9.17) is 10.00 Å². The van der Waals surface area contributed by atoms with Crippen LogP contribution < -0.4 is 4.74 Å². The molecule has 0 aromatic carbocycles. The summed E-state index contributed by atoms with van der Waals surface area (Å²) in [6.07, 6.45) is 3.72. The number of rotatable bonds is 3. The van der Waals surface area contributed by atoms with E-state index in [1.165, 1.54) is 0 Å². The van der Waals surface area contributed by atoms with E-state index < -0.39 is 0 Å². The van der Waals surface area contributed by atoms with Gasteiger partial charge in [-0.25, -0.2) is 4.98 Å². The van der Waals surface area contributed by atoms with Crippen LogP contribution in [-0.2, 0) is 0 Å². The summed E-state index contributed by atoms with van der Waals surface area (Å²) in [5, 5.41) is 8.65. The van der Waals surface area contributed by atoms with Crippen molar-refractivity contribution in [3.63, 3.8) is 0 Å². The van der Waals surface area contributed by atoms with Crippen LogP contribution in [-0.4, -0.2) is 16.6 Å². The lowest BCUT2D eigenvalue weighted by molar-refractivity contribution is 0.331. The maximum atomic E-state index is 8.65. The van der Waals surface area contributed by atoms with Crippen molar-refractivity contribution in [2.24, 2.45) is 0 Å². The zero-order valence-corrected chi connectivity index (χ0v) is 8.19. The molecule has 14 heavy (non-hydrogen) atoms. The quantitative estimate of drug-likeness (QED) is 0.678. The molecule has 0 atom stereocenters.